The number of hydrogen-bond acceptors (Lipinski definition) is 7. The fourth-order valence-electron chi connectivity index (χ4n) is 4.11. The molecule has 2 amide bonds. The molecule has 34 heavy (non-hydrogen) atoms. The Balaban J connectivity index is 1.83. The summed E-state index contributed by atoms with van der Waals surface area (Å²) in [6.07, 6.45) is 5.13. The van der Waals surface area contributed by atoms with Crippen LogP contribution in [-0.4, -0.2) is 66.9 Å². The van der Waals surface area contributed by atoms with E-state index in [0.29, 0.717) is 23.4 Å². The molecule has 0 spiro atoms. The zero-order valence-corrected chi connectivity index (χ0v) is 21.0. The fraction of sp³-hybridized carbons (Fsp3) is 0.478. The van der Waals surface area contributed by atoms with Gasteiger partial charge in [0.2, 0.25) is 5.91 Å². The maximum Gasteiger partial charge on any atom is 0.337 e. The highest BCUT2D eigenvalue weighted by Gasteiger charge is 2.29. The van der Waals surface area contributed by atoms with E-state index in [1.54, 1.807) is 33.7 Å². The number of nitrogens with zero attached hydrogens (tertiary/aromatic N) is 3. The molecule has 1 atom stereocenters. The average molecular weight is 508 g/mol. The van der Waals surface area contributed by atoms with E-state index in [1.807, 2.05) is 6.92 Å². The monoisotopic (exact) mass is 507 g/mol. The average Bonchev–Trinajstić information content (AvgIpc) is 3.13. The van der Waals surface area contributed by atoms with Crippen molar-refractivity contribution in [3.8, 4) is 0 Å². The molecular weight excluding hydrogens is 478 g/mol. The Morgan fingerprint density at radius 3 is 2.71 bits per heavy atom. The molecular formula is C23H29N3O6S2. The number of benzene rings is 1. The van der Waals surface area contributed by atoms with Crippen LogP contribution in [0.15, 0.2) is 35.8 Å². The lowest BCUT2D eigenvalue weighted by Crippen LogP contribution is -2.46. The first-order chi connectivity index (χ1) is 16.2. The molecule has 1 aliphatic heterocycles. The Morgan fingerprint density at radius 2 is 2.03 bits per heavy atom. The van der Waals surface area contributed by atoms with Crippen molar-refractivity contribution in [1.82, 2.24) is 9.47 Å². The Labute approximate surface area is 202 Å². The lowest BCUT2D eigenvalue weighted by Gasteiger charge is -2.35. The van der Waals surface area contributed by atoms with Gasteiger partial charge in [0.25, 0.3) is 5.91 Å². The Bertz CT molecular complexity index is 1280. The maximum absolute atomic E-state index is 12.6. The van der Waals surface area contributed by atoms with Crippen molar-refractivity contribution in [2.45, 2.75) is 45.2 Å². The molecule has 184 valence electrons. The topological polar surface area (TPSA) is 115 Å². The summed E-state index contributed by atoms with van der Waals surface area (Å²) in [6.45, 7) is 6.57. The van der Waals surface area contributed by atoms with Gasteiger partial charge in [0, 0.05) is 19.1 Å². The van der Waals surface area contributed by atoms with Crippen LogP contribution in [0.4, 0.5) is 0 Å². The molecule has 11 heteroatoms. The van der Waals surface area contributed by atoms with Gasteiger partial charge >= 0.3 is 5.97 Å². The minimum Gasteiger partial charge on any atom is -0.465 e. The molecule has 0 radical (unpaired) electrons. The van der Waals surface area contributed by atoms with Gasteiger partial charge in [0.15, 0.2) is 14.6 Å². The fourth-order valence-corrected chi connectivity index (χ4v) is 6.29. The molecule has 1 aromatic heterocycles. The van der Waals surface area contributed by atoms with Crippen molar-refractivity contribution in [3.05, 3.63) is 41.2 Å². The zero-order chi connectivity index (χ0) is 24.9. The second-order valence-corrected chi connectivity index (χ2v) is 11.2. The number of carbonyl (C=O) groups excluding carboxylic acids is 3. The summed E-state index contributed by atoms with van der Waals surface area (Å²) in [5, 5.41) is 0. The number of rotatable bonds is 8. The lowest BCUT2D eigenvalue weighted by molar-refractivity contribution is -0.132. The van der Waals surface area contributed by atoms with E-state index in [0.717, 1.165) is 42.5 Å². The minimum absolute atomic E-state index is 0.0446. The Kier molecular flexibility index (Phi) is 8.42. The van der Waals surface area contributed by atoms with Crippen LogP contribution in [-0.2, 0) is 30.7 Å². The third-order valence-corrected chi connectivity index (χ3v) is 8.16. The summed E-state index contributed by atoms with van der Waals surface area (Å²) in [6, 6.07) is 4.99. The molecule has 1 fully saturated rings. The minimum atomic E-state index is -3.98. The molecule has 1 saturated heterocycles. The molecule has 0 saturated carbocycles. The number of likely N-dealkylation sites (tertiary alicyclic amines) is 1. The van der Waals surface area contributed by atoms with E-state index < -0.39 is 39.1 Å². The highest BCUT2D eigenvalue weighted by Crippen LogP contribution is 2.21. The molecule has 0 N–H and O–H groups in total. The van der Waals surface area contributed by atoms with Crippen LogP contribution in [0.2, 0.25) is 0 Å². The van der Waals surface area contributed by atoms with Crippen LogP contribution in [0.25, 0.3) is 10.2 Å². The number of methoxy groups -OCH3 is 1. The Morgan fingerprint density at radius 1 is 1.26 bits per heavy atom. The number of allylic oxidation sites excluding steroid dienone is 1. The molecule has 1 unspecified atom stereocenters. The molecule has 0 bridgehead atoms. The number of aromatic nitrogens is 1. The molecule has 3 rings (SSSR count). The van der Waals surface area contributed by atoms with Gasteiger partial charge in [-0.25, -0.2) is 13.2 Å². The number of carbonyl (C=O) groups is 3. The van der Waals surface area contributed by atoms with E-state index in [9.17, 15) is 22.8 Å². The first kappa shape index (κ1) is 25.8. The molecule has 2 heterocycles. The summed E-state index contributed by atoms with van der Waals surface area (Å²) in [7, 11) is -2.69. The van der Waals surface area contributed by atoms with E-state index in [4.69, 9.17) is 4.74 Å². The number of hydrogen-bond donors (Lipinski definition) is 0. The third-order valence-electron chi connectivity index (χ3n) is 5.74. The van der Waals surface area contributed by atoms with Gasteiger partial charge in [0.1, 0.15) is 11.5 Å². The standard InChI is InChI=1S/C23H29N3O6S2/c1-4-11-26-18-10-9-16(22(29)32-3)13-19(18)33-23(26)24-20(27)14-34(30,31)15-21(28)25-12-7-6-8-17(25)5-2/h4,9-10,13,17H,1,5-8,11-12,14-15H2,2-3H3. The maximum atomic E-state index is 12.6. The van der Waals surface area contributed by atoms with E-state index in [1.165, 1.54) is 7.11 Å². The van der Waals surface area contributed by atoms with E-state index >= 15 is 0 Å². The van der Waals surface area contributed by atoms with Crippen molar-refractivity contribution >= 4 is 49.2 Å². The van der Waals surface area contributed by atoms with Gasteiger partial charge in [-0.1, -0.05) is 24.3 Å². The number of fused-ring (bicyclic) bond motifs is 1. The smallest absolute Gasteiger partial charge is 0.337 e. The number of ether oxygens (including phenoxy) is 1. The first-order valence-corrected chi connectivity index (χ1v) is 13.7. The number of piperidine rings is 1. The highest BCUT2D eigenvalue weighted by atomic mass is 32.2. The second-order valence-electron chi connectivity index (χ2n) is 8.14. The summed E-state index contributed by atoms with van der Waals surface area (Å²) >= 11 is 1.15. The van der Waals surface area contributed by atoms with Gasteiger partial charge in [-0.05, 0) is 43.9 Å². The molecule has 0 aliphatic carbocycles. The highest BCUT2D eigenvalue weighted by molar-refractivity contribution is 7.92. The zero-order valence-electron chi connectivity index (χ0n) is 19.4. The predicted molar refractivity (Wildman–Crippen MR) is 130 cm³/mol. The van der Waals surface area contributed by atoms with Gasteiger partial charge in [-0.3, -0.25) is 9.59 Å². The molecule has 1 aromatic carbocycles. The van der Waals surface area contributed by atoms with Gasteiger partial charge in [-0.2, -0.15) is 4.99 Å². The second kappa shape index (κ2) is 11.1. The quantitative estimate of drug-likeness (QED) is 0.400. The van der Waals surface area contributed by atoms with Gasteiger partial charge in [0.05, 0.1) is 22.9 Å². The SMILES string of the molecule is C=CCn1c(=NC(=O)CS(=O)(=O)CC(=O)N2CCCCC2CC)sc2cc(C(=O)OC)ccc21. The molecule has 2 aromatic rings. The lowest BCUT2D eigenvalue weighted by atomic mass is 10.0. The van der Waals surface area contributed by atoms with E-state index in [-0.39, 0.29) is 10.8 Å². The number of thiazole rings is 1. The largest absolute Gasteiger partial charge is 0.465 e. The van der Waals surface area contributed by atoms with Crippen molar-refractivity contribution in [2.24, 2.45) is 4.99 Å². The van der Waals surface area contributed by atoms with Crippen LogP contribution < -0.4 is 4.80 Å². The number of sulfone groups is 1. The van der Waals surface area contributed by atoms with Crippen LogP contribution in [0.3, 0.4) is 0 Å². The molecule has 1 aliphatic rings. The first-order valence-electron chi connectivity index (χ1n) is 11.1. The summed E-state index contributed by atoms with van der Waals surface area (Å²) < 4.78 is 32.4. The van der Waals surface area contributed by atoms with Crippen molar-refractivity contribution in [2.75, 3.05) is 25.2 Å². The van der Waals surface area contributed by atoms with Crippen molar-refractivity contribution in [3.63, 3.8) is 0 Å². The van der Waals surface area contributed by atoms with Crippen LogP contribution in [0.1, 0.15) is 43.0 Å². The predicted octanol–water partition coefficient (Wildman–Crippen LogP) is 2.31. The molecule has 9 nitrogen and oxygen atoms in total. The normalized spacial score (nSPS) is 17.1. The Hall–Kier alpha value is -2.79. The van der Waals surface area contributed by atoms with Crippen LogP contribution in [0, 0.1) is 0 Å². The van der Waals surface area contributed by atoms with Crippen molar-refractivity contribution < 1.29 is 27.5 Å². The van der Waals surface area contributed by atoms with Crippen LogP contribution in [0.5, 0.6) is 0 Å². The van der Waals surface area contributed by atoms with E-state index in [2.05, 4.69) is 11.6 Å². The van der Waals surface area contributed by atoms with Gasteiger partial charge < -0.3 is 14.2 Å². The summed E-state index contributed by atoms with van der Waals surface area (Å²) in [5.41, 5.74) is 1.07. The van der Waals surface area contributed by atoms with Crippen LogP contribution >= 0.6 is 11.3 Å². The third kappa shape index (κ3) is 6.01. The van der Waals surface area contributed by atoms with Gasteiger partial charge in [-0.15, -0.1) is 6.58 Å². The number of amides is 2. The van der Waals surface area contributed by atoms with Crippen molar-refractivity contribution in [1.29, 1.82) is 0 Å². The summed E-state index contributed by atoms with van der Waals surface area (Å²) in [4.78, 5) is 43.0. The summed E-state index contributed by atoms with van der Waals surface area (Å²) in [5.74, 6) is -3.35. The number of esters is 1.